The normalized spacial score (nSPS) is 26.4. The number of rotatable bonds is 41. The first-order valence-corrected chi connectivity index (χ1v) is 27.5. The Morgan fingerprint density at radius 3 is 1.53 bits per heavy atom. The summed E-state index contributed by atoms with van der Waals surface area (Å²) >= 11 is 0. The zero-order valence-corrected chi connectivity index (χ0v) is 43.9. The summed E-state index contributed by atoms with van der Waals surface area (Å²) in [5.41, 5.74) is 0. The van der Waals surface area contributed by atoms with E-state index in [1.807, 2.05) is 6.08 Å². The molecule has 2 heterocycles. The van der Waals surface area contributed by atoms with Crippen LogP contribution in [0.15, 0.2) is 97.2 Å². The summed E-state index contributed by atoms with van der Waals surface area (Å²) in [6.45, 7) is 2.61. The van der Waals surface area contributed by atoms with Crippen LogP contribution in [0.4, 0.5) is 0 Å². The lowest BCUT2D eigenvalue weighted by molar-refractivity contribution is -0.359. The molecule has 0 spiro atoms. The molecule has 0 aliphatic carbocycles. The Hall–Kier alpha value is -3.09. The fourth-order valence-electron chi connectivity index (χ4n) is 8.31. The lowest BCUT2D eigenvalue weighted by Crippen LogP contribution is -2.65. The van der Waals surface area contributed by atoms with Crippen LogP contribution in [0.3, 0.4) is 0 Å². The van der Waals surface area contributed by atoms with Gasteiger partial charge in [-0.2, -0.15) is 0 Å². The topological polar surface area (TPSA) is 228 Å². The van der Waals surface area contributed by atoms with E-state index in [1.165, 1.54) is 70.6 Å². The van der Waals surface area contributed by atoms with Crippen LogP contribution in [-0.2, 0) is 23.7 Å². The summed E-state index contributed by atoms with van der Waals surface area (Å²) < 4.78 is 22.7. The number of aliphatic hydroxyl groups excluding tert-OH is 8. The smallest absolute Gasteiger partial charge is 0.220 e. The Labute approximate surface area is 433 Å². The third-order valence-corrected chi connectivity index (χ3v) is 12.8. The van der Waals surface area contributed by atoms with Crippen molar-refractivity contribution >= 4 is 5.91 Å². The molecule has 0 radical (unpaired) electrons. The number of nitrogens with one attached hydrogen (secondary N) is 1. The summed E-state index contributed by atoms with van der Waals surface area (Å²) in [4.78, 5) is 13.2. The molecular formula is C58H97NO13. The molecule has 2 aliphatic heterocycles. The maximum absolute atomic E-state index is 13.2. The van der Waals surface area contributed by atoms with Gasteiger partial charge in [-0.25, -0.2) is 0 Å². The van der Waals surface area contributed by atoms with Crippen LogP contribution in [0.25, 0.3) is 0 Å². The Balaban J connectivity index is 1.86. The molecule has 1 amide bonds. The van der Waals surface area contributed by atoms with Gasteiger partial charge in [-0.15, -0.1) is 0 Å². The van der Waals surface area contributed by atoms with Crippen molar-refractivity contribution in [2.24, 2.45) is 0 Å². The van der Waals surface area contributed by atoms with Crippen LogP contribution in [0.1, 0.15) is 168 Å². The second kappa shape index (κ2) is 43.2. The monoisotopic (exact) mass is 1020 g/mol. The summed E-state index contributed by atoms with van der Waals surface area (Å²) in [7, 11) is 0. The largest absolute Gasteiger partial charge is 0.394 e. The molecule has 2 rings (SSSR count). The number of ether oxygens (including phenoxy) is 4. The van der Waals surface area contributed by atoms with Crippen molar-refractivity contribution in [3.05, 3.63) is 97.2 Å². The van der Waals surface area contributed by atoms with Crippen LogP contribution in [-0.4, -0.2) is 140 Å². The highest BCUT2D eigenvalue weighted by atomic mass is 16.7. The first-order chi connectivity index (χ1) is 35.1. The van der Waals surface area contributed by atoms with E-state index in [1.54, 1.807) is 6.08 Å². The maximum Gasteiger partial charge on any atom is 0.220 e. The number of carbonyl (C=O) groups is 1. The van der Waals surface area contributed by atoms with E-state index >= 15 is 0 Å². The van der Waals surface area contributed by atoms with Gasteiger partial charge in [-0.05, 0) is 83.5 Å². The summed E-state index contributed by atoms with van der Waals surface area (Å²) in [5, 5.41) is 86.9. The maximum atomic E-state index is 13.2. The van der Waals surface area contributed by atoms with Crippen molar-refractivity contribution < 1.29 is 64.6 Å². The van der Waals surface area contributed by atoms with E-state index < -0.39 is 86.8 Å². The SMILES string of the molecule is CC/C=C\C/C=C\C/C=C\C/C=C\C/C=C\C/C=C\CCCCC(=O)NC(COC1OC(CO)C(OC2OC(CO)C(O)C(O)C2O)C(O)C1O)C(O)/C=C/CC/C=C/CCCCCCCCCCCCC. The summed E-state index contributed by atoms with van der Waals surface area (Å²) in [6, 6.07) is -0.961. The highest BCUT2D eigenvalue weighted by Crippen LogP contribution is 2.30. The van der Waals surface area contributed by atoms with Gasteiger partial charge in [0.1, 0.15) is 48.8 Å². The molecule has 72 heavy (non-hydrogen) atoms. The van der Waals surface area contributed by atoms with Crippen LogP contribution >= 0.6 is 0 Å². The molecule has 412 valence electrons. The number of carbonyl (C=O) groups excluding carboxylic acids is 1. The van der Waals surface area contributed by atoms with Gasteiger partial charge >= 0.3 is 0 Å². The van der Waals surface area contributed by atoms with Crippen molar-refractivity contribution in [2.75, 3.05) is 19.8 Å². The molecule has 2 fully saturated rings. The predicted molar refractivity (Wildman–Crippen MR) is 286 cm³/mol. The lowest BCUT2D eigenvalue weighted by Gasteiger charge is -2.46. The molecule has 12 atom stereocenters. The van der Waals surface area contributed by atoms with Crippen molar-refractivity contribution in [3.63, 3.8) is 0 Å². The van der Waals surface area contributed by atoms with Crippen molar-refractivity contribution in [3.8, 4) is 0 Å². The van der Waals surface area contributed by atoms with Crippen LogP contribution in [0, 0.1) is 0 Å². The first-order valence-electron chi connectivity index (χ1n) is 27.5. The molecule has 14 nitrogen and oxygen atoms in total. The van der Waals surface area contributed by atoms with E-state index in [0.29, 0.717) is 12.8 Å². The second-order valence-corrected chi connectivity index (χ2v) is 19.0. The average Bonchev–Trinajstić information content (AvgIpc) is 3.38. The van der Waals surface area contributed by atoms with Crippen molar-refractivity contribution in [2.45, 2.75) is 242 Å². The molecule has 14 heteroatoms. The fraction of sp³-hybridized carbons (Fsp3) is 0.707. The summed E-state index contributed by atoms with van der Waals surface area (Å²) in [5.74, 6) is -0.296. The van der Waals surface area contributed by atoms with Crippen molar-refractivity contribution in [1.82, 2.24) is 5.32 Å². The highest BCUT2D eigenvalue weighted by molar-refractivity contribution is 5.76. The number of hydrogen-bond acceptors (Lipinski definition) is 13. The molecule has 9 N–H and O–H groups in total. The lowest BCUT2D eigenvalue weighted by atomic mass is 9.97. The van der Waals surface area contributed by atoms with E-state index in [0.717, 1.165) is 64.2 Å². The quantitative estimate of drug-likeness (QED) is 0.0208. The van der Waals surface area contributed by atoms with Crippen LogP contribution in [0.5, 0.6) is 0 Å². The number of allylic oxidation sites excluding steroid dienone is 15. The van der Waals surface area contributed by atoms with E-state index in [2.05, 4.69) is 104 Å². The molecule has 0 saturated carbocycles. The first kappa shape index (κ1) is 65.0. The number of aliphatic hydroxyl groups is 8. The Bertz CT molecular complexity index is 1570. The van der Waals surface area contributed by atoms with Gasteiger partial charge in [0.15, 0.2) is 12.6 Å². The van der Waals surface area contributed by atoms with Gasteiger partial charge < -0.3 is 65.1 Å². The van der Waals surface area contributed by atoms with Gasteiger partial charge in [0.25, 0.3) is 0 Å². The minimum absolute atomic E-state index is 0.213. The van der Waals surface area contributed by atoms with Gasteiger partial charge in [0, 0.05) is 6.42 Å². The minimum atomic E-state index is -1.80. The number of unbranched alkanes of at least 4 members (excludes halogenated alkanes) is 14. The molecule has 0 aromatic carbocycles. The Morgan fingerprint density at radius 2 is 0.972 bits per heavy atom. The van der Waals surface area contributed by atoms with Crippen LogP contribution in [0.2, 0.25) is 0 Å². The zero-order chi connectivity index (χ0) is 52.4. The van der Waals surface area contributed by atoms with Gasteiger partial charge in [0.2, 0.25) is 5.91 Å². The van der Waals surface area contributed by atoms with Gasteiger partial charge in [-0.1, -0.05) is 175 Å². The molecule has 0 aromatic heterocycles. The Kier molecular flexibility index (Phi) is 39.0. The Morgan fingerprint density at radius 1 is 0.514 bits per heavy atom. The highest BCUT2D eigenvalue weighted by Gasteiger charge is 2.51. The van der Waals surface area contributed by atoms with E-state index in [-0.39, 0.29) is 18.9 Å². The molecule has 0 bridgehead atoms. The average molecular weight is 1020 g/mol. The van der Waals surface area contributed by atoms with Crippen molar-refractivity contribution in [1.29, 1.82) is 0 Å². The number of hydrogen-bond donors (Lipinski definition) is 9. The molecule has 0 aromatic rings. The fourth-order valence-corrected chi connectivity index (χ4v) is 8.31. The summed E-state index contributed by atoms with van der Waals surface area (Å²) in [6.07, 6.45) is 41.6. The molecule has 12 unspecified atom stereocenters. The van der Waals surface area contributed by atoms with Crippen LogP contribution < -0.4 is 5.32 Å². The third kappa shape index (κ3) is 29.1. The standard InChI is InChI=1S/C58H97NO13/c1-3-5-7-9-11-13-15-17-19-21-22-23-24-26-28-30-32-34-36-38-40-42-50(63)59-46(47(62)41-39-37-35-33-31-29-27-25-20-18-16-14-12-10-8-6-4-2)45-69-57-55(68)53(66)56(49(44-61)71-57)72-58-54(67)52(65)51(64)48(43-60)70-58/h5,7,11,13,17,19,22-23,26,28,31-34,39,41,46-49,51-58,60-62,64-68H,3-4,6,8-10,12,14-16,18,20-21,24-25,27,29-30,35-38,40,42-45H2,1-2H3,(H,59,63)/b7-5-,13-11-,19-17-,23-22-,28-26-,33-31+,34-32-,41-39+. The second-order valence-electron chi connectivity index (χ2n) is 19.0. The molecule has 2 aliphatic rings. The molecular weight excluding hydrogens is 919 g/mol. The zero-order valence-electron chi connectivity index (χ0n) is 43.9. The van der Waals surface area contributed by atoms with Gasteiger partial charge in [-0.3, -0.25) is 4.79 Å². The third-order valence-electron chi connectivity index (χ3n) is 12.8. The van der Waals surface area contributed by atoms with E-state index in [9.17, 15) is 45.6 Å². The number of amides is 1. The minimum Gasteiger partial charge on any atom is -0.394 e. The molecule has 2 saturated heterocycles. The van der Waals surface area contributed by atoms with Gasteiger partial charge in [0.05, 0.1) is 32.0 Å². The van der Waals surface area contributed by atoms with E-state index in [4.69, 9.17) is 18.9 Å². The predicted octanol–water partition coefficient (Wildman–Crippen LogP) is 8.32.